The van der Waals surface area contributed by atoms with E-state index in [2.05, 4.69) is 5.32 Å². The third-order valence-electron chi connectivity index (χ3n) is 17.8. The van der Waals surface area contributed by atoms with Gasteiger partial charge in [0, 0.05) is 23.7 Å². The molecule has 0 aromatic heterocycles. The fourth-order valence-electron chi connectivity index (χ4n) is 13.1. The first-order valence-electron chi connectivity index (χ1n) is 29.1. The molecule has 22 rings (SSSR count). The first kappa shape index (κ1) is 70.8. The molecule has 0 amide bonds. The monoisotopic (exact) mass is 1290 g/mol. The first-order valence-corrected chi connectivity index (χ1v) is 29.1. The third kappa shape index (κ3) is 14.0. The molecular weight excluding hydrogens is 1200 g/mol. The molecule has 88 heavy (non-hydrogen) atoms. The van der Waals surface area contributed by atoms with E-state index in [0.29, 0.717) is 0 Å². The van der Waals surface area contributed by atoms with Crippen LogP contribution in [0.4, 0.5) is 0 Å². The number of nitrogens with zero attached hydrogens (tertiary/aromatic N) is 1. The second-order valence-corrected chi connectivity index (χ2v) is 24.9. The van der Waals surface area contributed by atoms with Gasteiger partial charge in [0.15, 0.2) is 44.0 Å². The number of ether oxygens (including phenoxy) is 14. The van der Waals surface area contributed by atoms with Crippen LogP contribution >= 0.6 is 0 Å². The number of piperidine rings is 1. The molecule has 22 heterocycles. The zero-order valence-electron chi connectivity index (χ0n) is 48.2. The lowest BCUT2D eigenvalue weighted by Crippen LogP contribution is -2.69. The number of rotatable bonds is 9. The zero-order valence-corrected chi connectivity index (χ0v) is 48.2. The van der Waals surface area contributed by atoms with E-state index < -0.39 is 272 Å². The molecule has 21 N–H and O–H groups in total. The van der Waals surface area contributed by atoms with Crippen molar-refractivity contribution in [3.05, 3.63) is 0 Å². The van der Waals surface area contributed by atoms with Gasteiger partial charge >= 0.3 is 0 Å². The van der Waals surface area contributed by atoms with Gasteiger partial charge in [-0.1, -0.05) is 0 Å². The molecule has 0 unspecified atom stereocenters. The zero-order chi connectivity index (χ0) is 64.3. The van der Waals surface area contributed by atoms with Crippen molar-refractivity contribution in [2.75, 3.05) is 46.2 Å². The van der Waals surface area contributed by atoms with Crippen LogP contribution in [0.15, 0.2) is 0 Å². The average Bonchev–Trinajstić information content (AvgIpc) is 2.89. The van der Waals surface area contributed by atoms with Gasteiger partial charge in [-0.15, -0.1) is 10.3 Å². The van der Waals surface area contributed by atoms with Gasteiger partial charge in [0.1, 0.15) is 171 Å². The molecule has 14 bridgehead atoms. The van der Waals surface area contributed by atoms with Crippen molar-refractivity contribution in [3.63, 3.8) is 0 Å². The fourth-order valence-corrected chi connectivity index (χ4v) is 13.1. The summed E-state index contributed by atoms with van der Waals surface area (Å²) in [6.07, 6.45) is -69.5. The second kappa shape index (κ2) is 28.8. The van der Waals surface area contributed by atoms with E-state index in [4.69, 9.17) is 66.3 Å². The summed E-state index contributed by atoms with van der Waals surface area (Å²) in [4.78, 5) is 0. The van der Waals surface area contributed by atoms with E-state index in [-0.39, 0.29) is 19.4 Å². The van der Waals surface area contributed by atoms with Crippen molar-refractivity contribution < 1.29 is 174 Å². The van der Waals surface area contributed by atoms with Gasteiger partial charge in [-0.2, -0.15) is 0 Å². The lowest BCUT2D eigenvalue weighted by molar-refractivity contribution is -0.396. The fraction of sp³-hybridized carbons (Fsp3) is 1.00. The maximum absolute atomic E-state index is 13.3. The van der Waals surface area contributed by atoms with Gasteiger partial charge in [0.2, 0.25) is 0 Å². The molecule has 0 spiro atoms. The predicted octanol–water partition coefficient (Wildman–Crippen LogP) is -13.3. The first-order chi connectivity index (χ1) is 41.5. The summed E-state index contributed by atoms with van der Waals surface area (Å²) in [5.41, 5.74) is -1.83. The van der Waals surface area contributed by atoms with Crippen LogP contribution in [0.2, 0.25) is 0 Å². The maximum atomic E-state index is 13.3. The van der Waals surface area contributed by atoms with Crippen molar-refractivity contribution in [1.29, 1.82) is 0 Å². The van der Waals surface area contributed by atoms with Crippen LogP contribution in [0.3, 0.4) is 0 Å². The Labute approximate surface area is 501 Å². The molecule has 37 heteroatoms. The molecule has 0 aromatic carbocycles. The van der Waals surface area contributed by atoms with Gasteiger partial charge in [0.25, 0.3) is 0 Å². The number of hydrogen-bond donors (Lipinski definition) is 21. The number of aliphatic hydroxyl groups excluding tert-OH is 20. The Morgan fingerprint density at radius 2 is 0.466 bits per heavy atom. The summed E-state index contributed by atoms with van der Waals surface area (Å²) in [5, 5.41) is 242. The minimum absolute atomic E-state index is 0.268. The molecule has 0 aromatic rings. The van der Waals surface area contributed by atoms with E-state index in [0.717, 1.165) is 5.06 Å². The largest absolute Gasteiger partial charge is 0.394 e. The molecular formula is C51H87N2O35. The van der Waals surface area contributed by atoms with Crippen LogP contribution in [-0.2, 0) is 71.5 Å². The van der Waals surface area contributed by atoms with Crippen molar-refractivity contribution in [2.24, 2.45) is 0 Å². The van der Waals surface area contributed by atoms with Gasteiger partial charge in [-0.3, -0.25) is 0 Å². The number of hydroxylamine groups is 2. The quantitative estimate of drug-likeness (QED) is 0.102. The normalized spacial score (nSPS) is 52.7. The van der Waals surface area contributed by atoms with Crippen LogP contribution in [0.25, 0.3) is 0 Å². The van der Waals surface area contributed by atoms with Crippen LogP contribution in [0, 0.1) is 0 Å². The summed E-state index contributed by atoms with van der Waals surface area (Å²) < 4.78 is 81.8. The summed E-state index contributed by atoms with van der Waals surface area (Å²) in [6, 6.07) is -0.440. The number of nitrogens with one attached hydrogen (secondary N) is 1. The molecule has 22 fully saturated rings. The summed E-state index contributed by atoms with van der Waals surface area (Å²) in [6.45, 7) is 0.326. The maximum Gasteiger partial charge on any atom is 0.187 e. The summed E-state index contributed by atoms with van der Waals surface area (Å²) >= 11 is 0. The van der Waals surface area contributed by atoms with Crippen LogP contribution in [0.5, 0.6) is 0 Å². The Morgan fingerprint density at radius 3 is 0.648 bits per heavy atom. The molecule has 22 aliphatic heterocycles. The molecule has 511 valence electrons. The Balaban J connectivity index is 1.02. The Kier molecular flexibility index (Phi) is 23.2. The molecule has 0 aliphatic carbocycles. The Hall–Kier alpha value is -1.48. The topological polar surface area (TPSA) is 569 Å². The smallest absolute Gasteiger partial charge is 0.187 e. The highest BCUT2D eigenvalue weighted by molar-refractivity contribution is 5.04. The molecule has 1 radical (unpaired) electrons. The van der Waals surface area contributed by atoms with E-state index in [9.17, 15) is 107 Å². The standard InChI is InChI=1S/C51H87N2O35/c1-50(2)5-14(6-51(3,4)53(50)74)52-7-15-36-22(60)29(67)43(75-15)83-37-16(8-54)77-45(31(69)24(37)62)85-39-18(10-56)79-47(33(71)26(39)64)87-41-20(12-58)81-49(35(73)28(41)66)88-42-21(13-59)80-48(34(72)27(42)65)86-40-19(11-57)78-46(32(70)25(40)63)84-38-17(9-55)76-44(82-36)30(68)23(38)61/h14-49,52,54-73H,5-13H2,1-4H3/t15-,16-,17-,18-,19-,20-,21-,22-,23-,24-,25-,26-,27-,28-,29-,30-,31-,32-,33-,34-,35-,36-,37-,38-,39-,40-,41-,42-,43-,44-,45-,46-,47-,48-,49-/m1/s1. The Morgan fingerprint density at radius 1 is 0.295 bits per heavy atom. The van der Waals surface area contributed by atoms with E-state index in [1.807, 2.05) is 0 Å². The summed E-state index contributed by atoms with van der Waals surface area (Å²) in [7, 11) is 0. The van der Waals surface area contributed by atoms with Crippen molar-refractivity contribution in [1.82, 2.24) is 10.4 Å². The van der Waals surface area contributed by atoms with Crippen molar-refractivity contribution in [2.45, 2.75) is 273 Å². The lowest BCUT2D eigenvalue weighted by atomic mass is 9.79. The Bertz CT molecular complexity index is 2170. The minimum atomic E-state index is -2.22. The van der Waals surface area contributed by atoms with Gasteiger partial charge in [-0.05, 0) is 40.5 Å². The van der Waals surface area contributed by atoms with Gasteiger partial charge in [0.05, 0.1) is 39.6 Å². The van der Waals surface area contributed by atoms with Crippen molar-refractivity contribution >= 4 is 0 Å². The van der Waals surface area contributed by atoms with Gasteiger partial charge < -0.3 is 174 Å². The summed E-state index contributed by atoms with van der Waals surface area (Å²) in [5.74, 6) is 0. The van der Waals surface area contributed by atoms with Crippen molar-refractivity contribution in [3.8, 4) is 0 Å². The molecule has 37 nitrogen and oxygen atoms in total. The number of aliphatic hydroxyl groups is 20. The number of hydrogen-bond acceptors (Lipinski definition) is 36. The van der Waals surface area contributed by atoms with E-state index in [1.54, 1.807) is 27.7 Å². The molecule has 22 saturated heterocycles. The highest BCUT2D eigenvalue weighted by Crippen LogP contribution is 2.41. The average molecular weight is 1290 g/mol. The van der Waals surface area contributed by atoms with Crippen LogP contribution in [-0.4, -0.2) is 385 Å². The lowest BCUT2D eigenvalue weighted by Gasteiger charge is -2.51. The molecule has 35 atom stereocenters. The van der Waals surface area contributed by atoms with Gasteiger partial charge in [-0.25, -0.2) is 0 Å². The predicted molar refractivity (Wildman–Crippen MR) is 273 cm³/mol. The van der Waals surface area contributed by atoms with E-state index in [1.165, 1.54) is 0 Å². The SMILES string of the molecule is CC1(C)CC(NC[C@H]2O[C@@H]3O[C@H]4[C@H](O)[C@@H](O)[C@@H](O[C@H]5[C@H](O)[C@@H](O)[C@@H](O[C@H]6[C@H](O)[C@@H](O)[C@@H](O[C@H]7[C@H](O)[C@@H](O)[C@@H](O[C@H]8[C@H](O)[C@@H](O)[C@@H](O[C@H]9[C@H](O)[C@@H](O)[C@@H](O[C@H]2[C@H](O)[C@H]3O)O[C@@H]9CO)O[C@@H]8CO)O[C@@H]7CO)O[C@@H]6CO)O[C@@H]5CO)O[C@@H]4CO)CC(C)(C)N1[O]. The second-order valence-electron chi connectivity index (χ2n) is 24.9. The molecule has 0 saturated carbocycles. The minimum Gasteiger partial charge on any atom is -0.394 e. The highest BCUT2D eigenvalue weighted by Gasteiger charge is 2.60. The molecule has 22 aliphatic rings. The van der Waals surface area contributed by atoms with Crippen LogP contribution < -0.4 is 5.32 Å². The third-order valence-corrected chi connectivity index (χ3v) is 17.8. The van der Waals surface area contributed by atoms with Crippen LogP contribution in [0.1, 0.15) is 40.5 Å². The van der Waals surface area contributed by atoms with E-state index >= 15 is 0 Å². The highest BCUT2D eigenvalue weighted by atomic mass is 16.8.